The van der Waals surface area contributed by atoms with E-state index in [9.17, 15) is 0 Å². The molecule has 2 aromatic carbocycles. The second-order valence-electron chi connectivity index (χ2n) is 8.55. The molecule has 2 aromatic rings. The molecule has 0 unspecified atom stereocenters. The Morgan fingerprint density at radius 2 is 1.33 bits per heavy atom. The molecule has 0 spiro atoms. The monoisotopic (exact) mass is 362 g/mol. The minimum Gasteiger partial charge on any atom is -0.497 e. The minimum atomic E-state index is 0.749. The Morgan fingerprint density at radius 3 is 1.89 bits per heavy atom. The molecule has 0 bridgehead atoms. The van der Waals surface area contributed by atoms with Crippen LogP contribution in [0.1, 0.15) is 66.7 Å². The molecule has 3 aliphatic carbocycles. The van der Waals surface area contributed by atoms with E-state index in [4.69, 9.17) is 9.47 Å². The summed E-state index contributed by atoms with van der Waals surface area (Å²) in [5, 5.41) is 0. The third-order valence-corrected chi connectivity index (χ3v) is 7.44. The molecule has 4 atom stereocenters. The second-order valence-corrected chi connectivity index (χ2v) is 8.55. The van der Waals surface area contributed by atoms with Crippen LogP contribution in [0.3, 0.4) is 0 Å². The van der Waals surface area contributed by atoms with Crippen LogP contribution < -0.4 is 9.47 Å². The van der Waals surface area contributed by atoms with Crippen LogP contribution in [0.5, 0.6) is 11.5 Å². The van der Waals surface area contributed by atoms with Crippen molar-refractivity contribution < 1.29 is 9.47 Å². The summed E-state index contributed by atoms with van der Waals surface area (Å²) < 4.78 is 11.2. The van der Waals surface area contributed by atoms with Gasteiger partial charge >= 0.3 is 0 Å². The summed E-state index contributed by atoms with van der Waals surface area (Å²) in [6.07, 6.45) is 7.79. The molecule has 142 valence electrons. The maximum Gasteiger partial charge on any atom is 0.119 e. The van der Waals surface area contributed by atoms with Crippen molar-refractivity contribution >= 4 is 0 Å². The first kappa shape index (κ1) is 17.2. The minimum absolute atomic E-state index is 0.749. The lowest BCUT2D eigenvalue weighted by Crippen LogP contribution is -2.38. The van der Waals surface area contributed by atoms with E-state index in [-0.39, 0.29) is 0 Å². The number of hydrogen-bond acceptors (Lipinski definition) is 2. The summed E-state index contributed by atoms with van der Waals surface area (Å²) >= 11 is 0. The fourth-order valence-corrected chi connectivity index (χ4v) is 6.34. The molecule has 0 saturated heterocycles. The van der Waals surface area contributed by atoms with E-state index in [1.807, 2.05) is 0 Å². The number of fused-ring (bicyclic) bond motifs is 7. The number of aryl methyl sites for hydroxylation is 2. The summed E-state index contributed by atoms with van der Waals surface area (Å²) in [5.74, 6) is 5.27. The number of benzene rings is 2. The smallest absolute Gasteiger partial charge is 0.119 e. The highest BCUT2D eigenvalue weighted by Crippen LogP contribution is 2.56. The van der Waals surface area contributed by atoms with Gasteiger partial charge in [-0.1, -0.05) is 12.1 Å². The van der Waals surface area contributed by atoms with Crippen LogP contribution in [0.4, 0.5) is 0 Å². The first-order valence-electron chi connectivity index (χ1n) is 10.7. The lowest BCUT2D eigenvalue weighted by molar-refractivity contribution is 0.136. The van der Waals surface area contributed by atoms with Crippen molar-refractivity contribution in [2.45, 2.75) is 57.3 Å². The molecule has 1 fully saturated rings. The van der Waals surface area contributed by atoms with Crippen molar-refractivity contribution in [1.29, 1.82) is 0 Å². The van der Waals surface area contributed by atoms with Gasteiger partial charge in [-0.25, -0.2) is 0 Å². The fraction of sp³-hybridized carbons (Fsp3) is 0.520. The van der Waals surface area contributed by atoms with Crippen LogP contribution >= 0.6 is 0 Å². The third kappa shape index (κ3) is 2.85. The Hall–Kier alpha value is -1.96. The zero-order chi connectivity index (χ0) is 18.4. The molecule has 2 nitrogen and oxygen atoms in total. The van der Waals surface area contributed by atoms with Gasteiger partial charge in [-0.05, 0) is 116 Å². The number of ether oxygens (including phenoxy) is 2. The summed E-state index contributed by atoms with van der Waals surface area (Å²) in [4.78, 5) is 0. The molecular formula is C25H30O2. The van der Waals surface area contributed by atoms with Gasteiger partial charge in [-0.3, -0.25) is 0 Å². The van der Waals surface area contributed by atoms with Gasteiger partial charge in [0.15, 0.2) is 0 Å². The van der Waals surface area contributed by atoms with Gasteiger partial charge in [0, 0.05) is 0 Å². The molecule has 27 heavy (non-hydrogen) atoms. The van der Waals surface area contributed by atoms with Gasteiger partial charge in [0.25, 0.3) is 0 Å². The van der Waals surface area contributed by atoms with Crippen molar-refractivity contribution in [2.75, 3.05) is 13.7 Å². The van der Waals surface area contributed by atoms with Crippen LogP contribution in [0.15, 0.2) is 36.4 Å². The van der Waals surface area contributed by atoms with Gasteiger partial charge in [0.05, 0.1) is 13.7 Å². The van der Waals surface area contributed by atoms with Crippen molar-refractivity contribution in [3.05, 3.63) is 58.7 Å². The highest BCUT2D eigenvalue weighted by molar-refractivity contribution is 5.43. The maximum atomic E-state index is 5.74. The quantitative estimate of drug-likeness (QED) is 0.679. The summed E-state index contributed by atoms with van der Waals surface area (Å²) in [7, 11) is 1.77. The van der Waals surface area contributed by atoms with Gasteiger partial charge < -0.3 is 9.47 Å². The zero-order valence-corrected chi connectivity index (χ0v) is 16.5. The summed E-state index contributed by atoms with van der Waals surface area (Å²) in [6.45, 7) is 2.81. The Labute approximate surface area is 162 Å². The Kier molecular flexibility index (Phi) is 4.38. The van der Waals surface area contributed by atoms with Gasteiger partial charge in [-0.2, -0.15) is 0 Å². The van der Waals surface area contributed by atoms with E-state index < -0.39 is 0 Å². The lowest BCUT2D eigenvalue weighted by Gasteiger charge is -2.49. The van der Waals surface area contributed by atoms with E-state index in [0.29, 0.717) is 0 Å². The van der Waals surface area contributed by atoms with Crippen LogP contribution in [-0.4, -0.2) is 13.7 Å². The van der Waals surface area contributed by atoms with E-state index in [2.05, 4.69) is 43.3 Å². The van der Waals surface area contributed by atoms with Crippen molar-refractivity contribution in [1.82, 2.24) is 0 Å². The molecule has 3 aliphatic rings. The summed E-state index contributed by atoms with van der Waals surface area (Å²) in [6, 6.07) is 13.7. The van der Waals surface area contributed by atoms with Gasteiger partial charge in [-0.15, -0.1) is 0 Å². The molecule has 0 radical (unpaired) electrons. The van der Waals surface area contributed by atoms with Crippen LogP contribution in [-0.2, 0) is 12.8 Å². The first-order chi connectivity index (χ1) is 13.3. The van der Waals surface area contributed by atoms with E-state index in [1.54, 1.807) is 23.8 Å². The predicted octanol–water partition coefficient (Wildman–Crippen LogP) is 5.88. The largest absolute Gasteiger partial charge is 0.497 e. The van der Waals surface area contributed by atoms with Crippen LogP contribution in [0, 0.1) is 11.8 Å². The molecular weight excluding hydrogens is 332 g/mol. The van der Waals surface area contributed by atoms with Crippen molar-refractivity contribution in [3.63, 3.8) is 0 Å². The number of methoxy groups -OCH3 is 1. The highest BCUT2D eigenvalue weighted by atomic mass is 16.5. The third-order valence-electron chi connectivity index (χ3n) is 7.44. The molecule has 0 heterocycles. The molecule has 1 saturated carbocycles. The van der Waals surface area contributed by atoms with Crippen molar-refractivity contribution in [2.24, 2.45) is 11.8 Å². The second kappa shape index (κ2) is 6.89. The fourth-order valence-electron chi connectivity index (χ4n) is 6.34. The Balaban J connectivity index is 1.43. The van der Waals surface area contributed by atoms with Gasteiger partial charge in [0.2, 0.25) is 0 Å². The summed E-state index contributed by atoms with van der Waals surface area (Å²) in [5.41, 5.74) is 6.31. The molecule has 0 N–H and O–H groups in total. The maximum absolute atomic E-state index is 5.74. The molecule has 0 aliphatic heterocycles. The number of hydrogen-bond donors (Lipinski definition) is 0. The highest BCUT2D eigenvalue weighted by Gasteiger charge is 2.44. The van der Waals surface area contributed by atoms with Gasteiger partial charge in [0.1, 0.15) is 11.5 Å². The van der Waals surface area contributed by atoms with E-state index in [1.165, 1.54) is 44.1 Å². The SMILES string of the molecule is CCOc1ccc2c(c1)CC[C@H]1[C@@H]3CCc4cc(OC)ccc4[C@H]3CC[C@H]21. The first-order valence-corrected chi connectivity index (χ1v) is 10.7. The average molecular weight is 363 g/mol. The topological polar surface area (TPSA) is 18.5 Å². The molecule has 5 rings (SSSR count). The molecule has 2 heteroatoms. The molecule has 0 aromatic heterocycles. The predicted molar refractivity (Wildman–Crippen MR) is 109 cm³/mol. The Bertz CT molecular complexity index is 840. The zero-order valence-electron chi connectivity index (χ0n) is 16.5. The van der Waals surface area contributed by atoms with E-state index >= 15 is 0 Å². The molecule has 0 amide bonds. The lowest BCUT2D eigenvalue weighted by atomic mass is 9.56. The van der Waals surface area contributed by atoms with Crippen LogP contribution in [0.2, 0.25) is 0 Å². The van der Waals surface area contributed by atoms with Crippen molar-refractivity contribution in [3.8, 4) is 11.5 Å². The number of rotatable bonds is 3. The normalized spacial score (nSPS) is 28.4. The Morgan fingerprint density at radius 1 is 0.778 bits per heavy atom. The average Bonchev–Trinajstić information content (AvgIpc) is 2.72. The van der Waals surface area contributed by atoms with Crippen LogP contribution in [0.25, 0.3) is 0 Å². The van der Waals surface area contributed by atoms with E-state index in [0.717, 1.165) is 41.8 Å². The standard InChI is InChI=1S/C25H30O2/c1-3-27-19-7-11-21-17(15-19)5-9-25-23(21)13-12-22-20-10-6-18(26-2)14-16(20)4-8-24(22)25/h6-7,10-11,14-15,22-25H,3-5,8-9,12-13H2,1-2H3/t22-,23-,24-,25-/m1/s1.